The van der Waals surface area contributed by atoms with Gasteiger partial charge in [0.05, 0.1) is 12.5 Å². The zero-order chi connectivity index (χ0) is 13.9. The van der Waals surface area contributed by atoms with Crippen LogP contribution in [0.15, 0.2) is 9.90 Å². The Kier molecular flexibility index (Phi) is 4.12. The third kappa shape index (κ3) is 3.07. The Bertz CT molecular complexity index is 559. The van der Waals surface area contributed by atoms with Gasteiger partial charge in [0.1, 0.15) is 5.01 Å². The van der Waals surface area contributed by atoms with E-state index < -0.39 is 0 Å². The molecule has 20 heavy (non-hydrogen) atoms. The lowest BCUT2D eigenvalue weighted by Crippen LogP contribution is -2.23. The van der Waals surface area contributed by atoms with Crippen LogP contribution in [0.5, 0.6) is 0 Å². The van der Waals surface area contributed by atoms with Crippen LogP contribution >= 0.6 is 11.3 Å². The molecule has 0 amide bonds. The molecule has 2 aromatic heterocycles. The Balaban J connectivity index is 1.66. The van der Waals surface area contributed by atoms with Crippen molar-refractivity contribution in [2.24, 2.45) is 11.7 Å². The first-order valence-corrected chi connectivity index (χ1v) is 8.09. The standard InChI is InChI=1S/C14H20N4OS/c1-9-8-20-12(16-9)7-11-17-14(19-18-11)13(15)10-5-3-2-4-6-10/h8,10,13H,2-7,15H2,1H3. The van der Waals surface area contributed by atoms with E-state index in [1.165, 1.54) is 32.1 Å². The number of aromatic nitrogens is 3. The lowest BCUT2D eigenvalue weighted by atomic mass is 9.84. The Morgan fingerprint density at radius 3 is 2.85 bits per heavy atom. The zero-order valence-corrected chi connectivity index (χ0v) is 12.5. The van der Waals surface area contributed by atoms with Gasteiger partial charge in [-0.2, -0.15) is 4.98 Å². The fourth-order valence-corrected chi connectivity index (χ4v) is 3.56. The second-order valence-corrected chi connectivity index (χ2v) is 6.47. The average Bonchev–Trinajstić information content (AvgIpc) is 3.09. The minimum absolute atomic E-state index is 0.116. The highest BCUT2D eigenvalue weighted by molar-refractivity contribution is 7.09. The number of thiazole rings is 1. The molecule has 6 heteroatoms. The first-order valence-electron chi connectivity index (χ1n) is 7.21. The van der Waals surface area contributed by atoms with E-state index in [2.05, 4.69) is 15.1 Å². The maximum absolute atomic E-state index is 6.27. The second kappa shape index (κ2) is 6.01. The van der Waals surface area contributed by atoms with Crippen molar-refractivity contribution < 1.29 is 4.52 Å². The number of aryl methyl sites for hydroxylation is 1. The first-order chi connectivity index (χ1) is 9.72. The van der Waals surface area contributed by atoms with E-state index in [0.29, 0.717) is 24.1 Å². The van der Waals surface area contributed by atoms with Crippen LogP contribution in [0.4, 0.5) is 0 Å². The summed E-state index contributed by atoms with van der Waals surface area (Å²) in [5.41, 5.74) is 7.31. The van der Waals surface area contributed by atoms with E-state index >= 15 is 0 Å². The highest BCUT2D eigenvalue weighted by Crippen LogP contribution is 2.32. The molecule has 1 atom stereocenters. The van der Waals surface area contributed by atoms with Gasteiger partial charge in [-0.1, -0.05) is 24.4 Å². The smallest absolute Gasteiger partial charge is 0.243 e. The van der Waals surface area contributed by atoms with Gasteiger partial charge in [-0.3, -0.25) is 0 Å². The monoisotopic (exact) mass is 292 g/mol. The topological polar surface area (TPSA) is 77.8 Å². The predicted molar refractivity (Wildman–Crippen MR) is 77.5 cm³/mol. The normalized spacial score (nSPS) is 18.3. The van der Waals surface area contributed by atoms with E-state index in [4.69, 9.17) is 10.3 Å². The van der Waals surface area contributed by atoms with E-state index in [-0.39, 0.29) is 6.04 Å². The fraction of sp³-hybridized carbons (Fsp3) is 0.643. The molecule has 2 aromatic rings. The SMILES string of the molecule is Cc1csc(Cc2noc(C(N)C3CCCCC3)n2)n1. The molecule has 5 nitrogen and oxygen atoms in total. The molecule has 0 saturated heterocycles. The Morgan fingerprint density at radius 1 is 1.35 bits per heavy atom. The summed E-state index contributed by atoms with van der Waals surface area (Å²) in [5, 5.41) is 7.08. The third-order valence-electron chi connectivity index (χ3n) is 3.90. The Morgan fingerprint density at radius 2 is 2.15 bits per heavy atom. The summed E-state index contributed by atoms with van der Waals surface area (Å²) >= 11 is 1.63. The van der Waals surface area contributed by atoms with Gasteiger partial charge in [-0.05, 0) is 25.7 Å². The van der Waals surface area contributed by atoms with Gasteiger partial charge in [0.2, 0.25) is 5.89 Å². The molecule has 1 aliphatic rings. The molecular formula is C14H20N4OS. The van der Waals surface area contributed by atoms with Crippen LogP contribution in [0.3, 0.4) is 0 Å². The lowest BCUT2D eigenvalue weighted by Gasteiger charge is -2.24. The van der Waals surface area contributed by atoms with Crippen LogP contribution in [0.2, 0.25) is 0 Å². The summed E-state index contributed by atoms with van der Waals surface area (Å²) in [6.07, 6.45) is 6.81. The number of hydrogen-bond donors (Lipinski definition) is 1. The van der Waals surface area contributed by atoms with Gasteiger partial charge in [0.25, 0.3) is 0 Å². The third-order valence-corrected chi connectivity index (χ3v) is 4.87. The lowest BCUT2D eigenvalue weighted by molar-refractivity contribution is 0.255. The number of hydrogen-bond acceptors (Lipinski definition) is 6. The first kappa shape index (κ1) is 13.7. The fourth-order valence-electron chi connectivity index (χ4n) is 2.79. The van der Waals surface area contributed by atoms with Crippen molar-refractivity contribution in [3.63, 3.8) is 0 Å². The van der Waals surface area contributed by atoms with Crippen LogP contribution in [-0.4, -0.2) is 15.1 Å². The van der Waals surface area contributed by atoms with Crippen LogP contribution in [0.25, 0.3) is 0 Å². The number of nitrogens with zero attached hydrogens (tertiary/aromatic N) is 3. The van der Waals surface area contributed by atoms with Crippen molar-refractivity contribution >= 4 is 11.3 Å². The highest BCUT2D eigenvalue weighted by Gasteiger charge is 2.26. The van der Waals surface area contributed by atoms with Crippen molar-refractivity contribution in [3.05, 3.63) is 27.8 Å². The van der Waals surface area contributed by atoms with E-state index in [9.17, 15) is 0 Å². The summed E-state index contributed by atoms with van der Waals surface area (Å²) in [7, 11) is 0. The van der Waals surface area contributed by atoms with Crippen molar-refractivity contribution in [2.75, 3.05) is 0 Å². The van der Waals surface area contributed by atoms with Gasteiger partial charge in [-0.15, -0.1) is 11.3 Å². The molecule has 1 fully saturated rings. The van der Waals surface area contributed by atoms with Crippen LogP contribution in [0, 0.1) is 12.8 Å². The molecule has 0 aromatic carbocycles. The van der Waals surface area contributed by atoms with E-state index in [0.717, 1.165) is 10.7 Å². The highest BCUT2D eigenvalue weighted by atomic mass is 32.1. The van der Waals surface area contributed by atoms with Crippen molar-refractivity contribution in [1.29, 1.82) is 0 Å². The number of rotatable bonds is 4. The van der Waals surface area contributed by atoms with Crippen molar-refractivity contribution in [3.8, 4) is 0 Å². The Labute approximate surface area is 122 Å². The van der Waals surface area contributed by atoms with Crippen LogP contribution in [0.1, 0.15) is 60.6 Å². The quantitative estimate of drug-likeness (QED) is 0.937. The van der Waals surface area contributed by atoms with Crippen LogP contribution < -0.4 is 5.73 Å². The molecule has 0 bridgehead atoms. The van der Waals surface area contributed by atoms with Gasteiger partial charge in [0.15, 0.2) is 5.82 Å². The molecule has 1 saturated carbocycles. The largest absolute Gasteiger partial charge is 0.338 e. The molecular weight excluding hydrogens is 272 g/mol. The summed E-state index contributed by atoms with van der Waals surface area (Å²) < 4.78 is 5.35. The predicted octanol–water partition coefficient (Wildman–Crippen LogP) is 3.01. The molecule has 0 radical (unpaired) electrons. The molecule has 0 aliphatic heterocycles. The minimum atomic E-state index is -0.116. The summed E-state index contributed by atoms with van der Waals surface area (Å²) in [4.78, 5) is 8.87. The summed E-state index contributed by atoms with van der Waals surface area (Å²) in [6.45, 7) is 1.99. The van der Waals surface area contributed by atoms with Crippen LogP contribution in [-0.2, 0) is 6.42 Å². The second-order valence-electron chi connectivity index (χ2n) is 5.53. The van der Waals surface area contributed by atoms with Gasteiger partial charge in [0, 0.05) is 11.1 Å². The summed E-state index contributed by atoms with van der Waals surface area (Å²) in [6, 6.07) is -0.116. The summed E-state index contributed by atoms with van der Waals surface area (Å²) in [5.74, 6) is 1.75. The molecule has 3 rings (SSSR count). The molecule has 2 heterocycles. The molecule has 1 aliphatic carbocycles. The van der Waals surface area contributed by atoms with E-state index in [1.807, 2.05) is 12.3 Å². The van der Waals surface area contributed by atoms with E-state index in [1.54, 1.807) is 11.3 Å². The maximum atomic E-state index is 6.27. The molecule has 0 spiro atoms. The van der Waals surface area contributed by atoms with Crippen molar-refractivity contribution in [2.45, 2.75) is 51.5 Å². The molecule has 1 unspecified atom stereocenters. The zero-order valence-electron chi connectivity index (χ0n) is 11.7. The van der Waals surface area contributed by atoms with Gasteiger partial charge < -0.3 is 10.3 Å². The maximum Gasteiger partial charge on any atom is 0.243 e. The van der Waals surface area contributed by atoms with Gasteiger partial charge in [-0.25, -0.2) is 4.98 Å². The molecule has 108 valence electrons. The molecule has 2 N–H and O–H groups in total. The van der Waals surface area contributed by atoms with Crippen molar-refractivity contribution in [1.82, 2.24) is 15.1 Å². The Hall–Kier alpha value is -1.27. The minimum Gasteiger partial charge on any atom is -0.338 e. The average molecular weight is 292 g/mol. The van der Waals surface area contributed by atoms with Gasteiger partial charge >= 0.3 is 0 Å². The number of nitrogens with two attached hydrogens (primary N) is 1.